The van der Waals surface area contributed by atoms with Crippen LogP contribution in [-0.2, 0) is 39.9 Å². The van der Waals surface area contributed by atoms with Gasteiger partial charge in [0.15, 0.2) is 0 Å². The van der Waals surface area contributed by atoms with E-state index in [4.69, 9.17) is 0 Å². The van der Waals surface area contributed by atoms with E-state index in [9.17, 15) is 0 Å². The molecule has 0 bridgehead atoms. The van der Waals surface area contributed by atoms with Crippen LogP contribution in [0.1, 0.15) is 13.8 Å². The summed E-state index contributed by atoms with van der Waals surface area (Å²) in [7, 11) is 0. The number of rotatable bonds is 0. The normalized spacial score (nSPS) is 6.00. The predicted molar refractivity (Wildman–Crippen MR) is 28.9 cm³/mol. The van der Waals surface area contributed by atoms with Crippen molar-refractivity contribution in [1.29, 1.82) is 0 Å². The quantitative estimate of drug-likeness (QED) is 0.325. The average molecular weight is 203 g/mol. The second-order valence-electron chi connectivity index (χ2n) is 1.05. The molecule has 6 heavy (non-hydrogen) atoms. The Balaban J connectivity index is -0.0000000450. The van der Waals surface area contributed by atoms with Crippen LogP contribution >= 0.6 is 0 Å². The molecule has 0 N–H and O–H groups in total. The van der Waals surface area contributed by atoms with Crippen LogP contribution in [0.5, 0.6) is 0 Å². The van der Waals surface area contributed by atoms with Crippen molar-refractivity contribution in [2.75, 3.05) is 0 Å². The van der Waals surface area contributed by atoms with Gasteiger partial charge < -0.3 is 20.1 Å². The Bertz CT molecular complexity index is 12.3. The van der Waals surface area contributed by atoms with Crippen molar-refractivity contribution in [3.63, 3.8) is 0 Å². The van der Waals surface area contributed by atoms with Crippen molar-refractivity contribution in [3.8, 4) is 0 Å². The Labute approximate surface area is 66.3 Å². The van der Waals surface area contributed by atoms with E-state index in [1.807, 2.05) is 13.8 Å². The van der Waals surface area contributed by atoms with Gasteiger partial charge in [-0.15, -0.1) is 0 Å². The van der Waals surface area contributed by atoms with Crippen molar-refractivity contribution in [2.24, 2.45) is 0 Å². The molecule has 0 amide bonds. The van der Waals surface area contributed by atoms with E-state index < -0.39 is 0 Å². The van der Waals surface area contributed by atoms with Crippen LogP contribution in [0.3, 0.4) is 0 Å². The molecule has 0 aliphatic heterocycles. The Morgan fingerprint density at radius 3 is 1.33 bits per heavy atom. The summed E-state index contributed by atoms with van der Waals surface area (Å²) in [4.78, 5) is 0. The predicted octanol–water partition coefficient (Wildman–Crippen LogP) is 1.39. The zero-order valence-electron chi connectivity index (χ0n) is 4.69. The van der Waals surface area contributed by atoms with E-state index in [2.05, 4.69) is 12.6 Å². The maximum Gasteiger partial charge on any atom is 2.00 e. The van der Waals surface area contributed by atoms with Gasteiger partial charge >= 0.3 is 27.3 Å². The summed E-state index contributed by atoms with van der Waals surface area (Å²) in [6.07, 6.45) is 0. The van der Waals surface area contributed by atoms with Crippen LogP contribution in [0, 0.1) is 7.43 Å². The molecule has 0 nitrogen and oxygen atoms in total. The molecule has 0 aliphatic carbocycles. The molecule has 0 saturated carbocycles. The molecule has 0 radical (unpaired) electrons. The Morgan fingerprint density at radius 1 is 1.33 bits per heavy atom. The fourth-order valence-corrected chi connectivity index (χ4v) is 0. The van der Waals surface area contributed by atoms with Gasteiger partial charge in [0.25, 0.3) is 0 Å². The monoisotopic (exact) mass is 204 g/mol. The fraction of sp³-hybridized carbons (Fsp3) is 0.750. The summed E-state index contributed by atoms with van der Waals surface area (Å²) in [5.74, 6) is 0. The van der Waals surface area contributed by atoms with Gasteiger partial charge in [0.05, 0.1) is 0 Å². The van der Waals surface area contributed by atoms with E-state index >= 15 is 0 Å². The second kappa shape index (κ2) is 9.55. The summed E-state index contributed by atoms with van der Waals surface area (Å²) in [5, 5.41) is 0.417. The van der Waals surface area contributed by atoms with Gasteiger partial charge in [-0.05, 0) is 0 Å². The molecule has 0 aromatic rings. The van der Waals surface area contributed by atoms with Crippen LogP contribution < -0.4 is 0 Å². The third-order valence-corrected chi connectivity index (χ3v) is 0. The van der Waals surface area contributed by atoms with Crippen molar-refractivity contribution >= 4 is 12.6 Å². The average Bonchev–Trinajstić information content (AvgIpc) is 0.811. The minimum absolute atomic E-state index is 0. The van der Waals surface area contributed by atoms with Crippen molar-refractivity contribution in [3.05, 3.63) is 7.43 Å². The molecule has 2 heteroatoms. The largest absolute Gasteiger partial charge is 2.00 e. The maximum absolute atomic E-state index is 4.62. The smallest absolute Gasteiger partial charge is 0.790 e. The second-order valence-corrected chi connectivity index (χ2v) is 1.99. The molecular formula is C4H10CdS. The van der Waals surface area contributed by atoms with Gasteiger partial charge in [0.2, 0.25) is 0 Å². The van der Waals surface area contributed by atoms with Crippen LogP contribution in [0.2, 0.25) is 0 Å². The summed E-state index contributed by atoms with van der Waals surface area (Å²) in [5.41, 5.74) is 0. The molecule has 0 atom stereocenters. The van der Waals surface area contributed by atoms with E-state index in [1.165, 1.54) is 0 Å². The van der Waals surface area contributed by atoms with Gasteiger partial charge in [0.1, 0.15) is 0 Å². The molecule has 0 aliphatic rings. The summed E-state index contributed by atoms with van der Waals surface area (Å²) >= 11 is 4.62. The van der Waals surface area contributed by atoms with Gasteiger partial charge in [0, 0.05) is 0 Å². The van der Waals surface area contributed by atoms with E-state index in [0.717, 1.165) is 0 Å². The van der Waals surface area contributed by atoms with Crippen molar-refractivity contribution < 1.29 is 27.3 Å². The number of hydrogen-bond acceptors (Lipinski definition) is 1. The molecule has 0 rings (SSSR count). The molecule has 0 heterocycles. The Hall–Kier alpha value is 1.27. The molecule has 0 spiro atoms. The molecule has 0 aromatic carbocycles. The maximum atomic E-state index is 4.62. The summed E-state index contributed by atoms with van der Waals surface area (Å²) in [6.45, 7) is 3.96. The Morgan fingerprint density at radius 2 is 1.33 bits per heavy atom. The van der Waals surface area contributed by atoms with Crippen LogP contribution in [0.4, 0.5) is 0 Å². The SMILES string of the molecule is CC(C)[S-].[CH3-].[Cd+2]. The molecular weight excluding hydrogens is 193 g/mol. The minimum Gasteiger partial charge on any atom is -0.790 e. The minimum atomic E-state index is 0. The molecule has 0 saturated heterocycles. The first-order valence-electron chi connectivity index (χ1n) is 1.39. The third-order valence-electron chi connectivity index (χ3n) is 0. The van der Waals surface area contributed by atoms with Gasteiger partial charge in [-0.25, -0.2) is 0 Å². The third kappa shape index (κ3) is 59.5. The molecule has 0 fully saturated rings. The standard InChI is InChI=1S/C3H8S.CH3.Cd/c1-3(2)4;;/h3-4H,1-2H3;1H3;/q;-1;+2/p-1. The zero-order chi connectivity index (χ0) is 3.58. The Kier molecular flexibility index (Phi) is 25.0. The molecule has 0 aromatic heterocycles. The van der Waals surface area contributed by atoms with Gasteiger partial charge in [-0.1, -0.05) is 13.8 Å². The zero-order valence-corrected chi connectivity index (χ0v) is 9.55. The molecule has 0 unspecified atom stereocenters. The fourth-order valence-electron chi connectivity index (χ4n) is 0. The first-order chi connectivity index (χ1) is 1.73. The van der Waals surface area contributed by atoms with E-state index in [0.29, 0.717) is 5.25 Å². The topological polar surface area (TPSA) is 0 Å². The van der Waals surface area contributed by atoms with Crippen LogP contribution in [-0.4, -0.2) is 5.25 Å². The van der Waals surface area contributed by atoms with Crippen LogP contribution in [0.15, 0.2) is 0 Å². The van der Waals surface area contributed by atoms with E-state index in [1.54, 1.807) is 0 Å². The van der Waals surface area contributed by atoms with Crippen LogP contribution in [0.25, 0.3) is 0 Å². The first-order valence-corrected chi connectivity index (χ1v) is 1.86. The van der Waals surface area contributed by atoms with Gasteiger partial charge in [-0.3, -0.25) is 0 Å². The summed E-state index contributed by atoms with van der Waals surface area (Å²) in [6, 6.07) is 0. The van der Waals surface area contributed by atoms with E-state index in [-0.39, 0.29) is 34.7 Å². The van der Waals surface area contributed by atoms with Gasteiger partial charge in [-0.2, -0.15) is 5.25 Å². The van der Waals surface area contributed by atoms with Crippen molar-refractivity contribution in [1.82, 2.24) is 0 Å². The number of hydrogen-bond donors (Lipinski definition) is 0. The molecule has 34 valence electrons. The summed E-state index contributed by atoms with van der Waals surface area (Å²) < 4.78 is 0. The van der Waals surface area contributed by atoms with Crippen molar-refractivity contribution in [2.45, 2.75) is 19.1 Å². The first kappa shape index (κ1) is 15.7.